The summed E-state index contributed by atoms with van der Waals surface area (Å²) in [4.78, 5) is 15.4. The Morgan fingerprint density at radius 2 is 1.76 bits per heavy atom. The van der Waals surface area contributed by atoms with Gasteiger partial charge in [0, 0.05) is 38.5 Å². The van der Waals surface area contributed by atoms with Crippen molar-refractivity contribution in [2.24, 2.45) is 0 Å². The van der Waals surface area contributed by atoms with Gasteiger partial charge >= 0.3 is 0 Å². The number of aliphatic hydroxyl groups excluding tert-OH is 1. The molecule has 0 radical (unpaired) electrons. The minimum atomic E-state index is -3.90. The lowest BCUT2D eigenvalue weighted by Gasteiger charge is -2.33. The second-order valence-electron chi connectivity index (χ2n) is 11.2. The molecule has 2 aliphatic heterocycles. The third-order valence-corrected chi connectivity index (χ3v) is 10.5. The van der Waals surface area contributed by atoms with Crippen LogP contribution in [0.25, 0.3) is 11.1 Å². The number of sulfonamides is 1. The Bertz CT molecular complexity index is 1650. The van der Waals surface area contributed by atoms with Gasteiger partial charge in [0.1, 0.15) is 5.75 Å². The largest absolute Gasteiger partial charge is 0.497 e. The van der Waals surface area contributed by atoms with Gasteiger partial charge in [-0.15, -0.1) is 0 Å². The second-order valence-corrected chi connectivity index (χ2v) is 13.1. The fourth-order valence-corrected chi connectivity index (χ4v) is 7.64. The Morgan fingerprint density at radius 1 is 1.00 bits per heavy atom. The quantitative estimate of drug-likeness (QED) is 0.267. The van der Waals surface area contributed by atoms with Gasteiger partial charge in [0.05, 0.1) is 38.4 Å². The molecule has 11 heteroatoms. The molecule has 3 aliphatic rings. The molecule has 2 heterocycles. The van der Waals surface area contributed by atoms with Crippen molar-refractivity contribution in [2.45, 2.75) is 29.9 Å². The monoisotopic (exact) mass is 634 g/mol. The normalized spacial score (nSPS) is 19.4. The zero-order valence-electron chi connectivity index (χ0n) is 25.3. The lowest BCUT2D eigenvalue weighted by Crippen LogP contribution is -2.43. The highest BCUT2D eigenvalue weighted by molar-refractivity contribution is 7.89. The fraction of sp³-hybridized carbons (Fsp3) is 0.382. The Kier molecular flexibility index (Phi) is 9.53. The molecule has 45 heavy (non-hydrogen) atoms. The van der Waals surface area contributed by atoms with E-state index in [-0.39, 0.29) is 48.8 Å². The van der Waals surface area contributed by atoms with E-state index in [1.54, 1.807) is 17.0 Å². The molecule has 2 unspecified atom stereocenters. The van der Waals surface area contributed by atoms with Crippen LogP contribution in [-0.4, -0.2) is 94.6 Å². The number of methoxy groups -OCH3 is 1. The number of amides is 1. The van der Waals surface area contributed by atoms with Crippen LogP contribution in [-0.2, 0) is 35.4 Å². The standard InChI is InChI=1S/C34H38N2O8S/c1-41-26-9-11-27(12-10-26)45(39,40)36(13-17-37)16-20-43-33-23-25(22-32(44-33)34(38)35-14-18-42-19-15-35)29-7-4-8-30-28-6-3-2-5-24(28)21-31(29)30/h2-12,22,25,33,37H,13-21,23H2,1H3. The summed E-state index contributed by atoms with van der Waals surface area (Å²) in [6, 6.07) is 20.8. The SMILES string of the molecule is COc1ccc(S(=O)(=O)N(CCO)CCOC2CC(c3cccc4c3Cc3ccccc3-4)C=C(C(=O)N3CCOCC3)O2)cc1. The third kappa shape index (κ3) is 6.63. The van der Waals surface area contributed by atoms with Gasteiger partial charge in [0.2, 0.25) is 16.3 Å². The van der Waals surface area contributed by atoms with Crippen molar-refractivity contribution in [1.29, 1.82) is 0 Å². The Labute approximate surface area is 263 Å². The number of benzene rings is 3. The molecule has 1 saturated heterocycles. The molecule has 0 spiro atoms. The van der Waals surface area contributed by atoms with Gasteiger partial charge in [-0.3, -0.25) is 4.79 Å². The van der Waals surface area contributed by atoms with Crippen LogP contribution in [0.5, 0.6) is 5.75 Å². The molecule has 238 valence electrons. The first kappa shape index (κ1) is 31.3. The van der Waals surface area contributed by atoms with E-state index in [0.29, 0.717) is 38.5 Å². The van der Waals surface area contributed by atoms with Gasteiger partial charge in [0.15, 0.2) is 5.76 Å². The molecule has 1 N–H and O–H groups in total. The van der Waals surface area contributed by atoms with Crippen molar-refractivity contribution >= 4 is 15.9 Å². The number of ether oxygens (including phenoxy) is 4. The Balaban J connectivity index is 1.22. The van der Waals surface area contributed by atoms with Crippen LogP contribution < -0.4 is 4.74 Å². The van der Waals surface area contributed by atoms with Crippen LogP contribution in [0.4, 0.5) is 0 Å². The average molecular weight is 635 g/mol. The maximum atomic E-state index is 13.6. The summed E-state index contributed by atoms with van der Waals surface area (Å²) in [5.74, 6) is 0.406. The summed E-state index contributed by atoms with van der Waals surface area (Å²) in [5.41, 5.74) is 6.06. The molecule has 10 nitrogen and oxygen atoms in total. The van der Waals surface area contributed by atoms with Crippen molar-refractivity contribution in [3.8, 4) is 16.9 Å². The molecule has 1 fully saturated rings. The molecule has 2 atom stereocenters. The van der Waals surface area contributed by atoms with E-state index >= 15 is 0 Å². The maximum absolute atomic E-state index is 13.6. The predicted molar refractivity (Wildman–Crippen MR) is 167 cm³/mol. The summed E-state index contributed by atoms with van der Waals surface area (Å²) < 4.78 is 50.8. The van der Waals surface area contributed by atoms with Crippen molar-refractivity contribution in [2.75, 3.05) is 59.7 Å². The number of allylic oxidation sites excluding steroid dienone is 1. The molecule has 1 aliphatic carbocycles. The number of aliphatic hydroxyl groups is 1. The first-order valence-electron chi connectivity index (χ1n) is 15.2. The van der Waals surface area contributed by atoms with E-state index in [1.165, 1.54) is 45.8 Å². The van der Waals surface area contributed by atoms with E-state index in [2.05, 4.69) is 36.4 Å². The van der Waals surface area contributed by atoms with Crippen LogP contribution in [0.15, 0.2) is 83.5 Å². The molecular weight excluding hydrogens is 596 g/mol. The number of morpholine rings is 1. The first-order valence-corrected chi connectivity index (χ1v) is 16.6. The first-order chi connectivity index (χ1) is 21.9. The van der Waals surface area contributed by atoms with Crippen LogP contribution in [0.2, 0.25) is 0 Å². The number of carbonyl (C=O) groups excluding carboxylic acids is 1. The Hall–Kier alpha value is -3.74. The molecule has 3 aromatic carbocycles. The number of hydrogen-bond acceptors (Lipinski definition) is 8. The van der Waals surface area contributed by atoms with E-state index in [9.17, 15) is 18.3 Å². The zero-order valence-corrected chi connectivity index (χ0v) is 26.1. The number of carbonyl (C=O) groups is 1. The number of hydrogen-bond donors (Lipinski definition) is 1. The van der Waals surface area contributed by atoms with E-state index in [0.717, 1.165) is 12.0 Å². The van der Waals surface area contributed by atoms with Crippen LogP contribution >= 0.6 is 0 Å². The summed E-state index contributed by atoms with van der Waals surface area (Å²) in [6.07, 6.45) is 2.39. The predicted octanol–water partition coefficient (Wildman–Crippen LogP) is 3.54. The minimum absolute atomic E-state index is 0.00410. The van der Waals surface area contributed by atoms with Gasteiger partial charge < -0.3 is 29.0 Å². The molecule has 3 aromatic rings. The number of fused-ring (bicyclic) bond motifs is 3. The van der Waals surface area contributed by atoms with E-state index in [1.807, 2.05) is 12.1 Å². The molecule has 0 bridgehead atoms. The molecular formula is C34H38N2O8S. The van der Waals surface area contributed by atoms with Gasteiger partial charge in [0.25, 0.3) is 5.91 Å². The second kappa shape index (κ2) is 13.7. The van der Waals surface area contributed by atoms with Crippen LogP contribution in [0, 0.1) is 0 Å². The van der Waals surface area contributed by atoms with Gasteiger partial charge in [-0.2, -0.15) is 4.31 Å². The summed E-state index contributed by atoms with van der Waals surface area (Å²) in [6.45, 7) is 1.45. The van der Waals surface area contributed by atoms with Gasteiger partial charge in [-0.25, -0.2) is 8.42 Å². The third-order valence-electron chi connectivity index (χ3n) is 8.54. The highest BCUT2D eigenvalue weighted by Crippen LogP contribution is 2.43. The number of nitrogens with zero attached hydrogens (tertiary/aromatic N) is 2. The zero-order chi connectivity index (χ0) is 31.4. The molecule has 0 aromatic heterocycles. The maximum Gasteiger partial charge on any atom is 0.288 e. The smallest absolute Gasteiger partial charge is 0.288 e. The lowest BCUT2D eigenvalue weighted by molar-refractivity contribution is -0.155. The summed E-state index contributed by atoms with van der Waals surface area (Å²) >= 11 is 0. The molecule has 0 saturated carbocycles. The van der Waals surface area contributed by atoms with Crippen molar-refractivity contribution in [1.82, 2.24) is 9.21 Å². The average Bonchev–Trinajstić information content (AvgIpc) is 3.47. The topological polar surface area (TPSA) is 115 Å². The lowest BCUT2D eigenvalue weighted by atomic mass is 9.87. The summed E-state index contributed by atoms with van der Waals surface area (Å²) in [7, 11) is -2.39. The molecule has 6 rings (SSSR count). The van der Waals surface area contributed by atoms with Crippen molar-refractivity contribution < 1.29 is 37.3 Å². The van der Waals surface area contributed by atoms with Crippen molar-refractivity contribution in [3.63, 3.8) is 0 Å². The van der Waals surface area contributed by atoms with Crippen LogP contribution in [0.1, 0.15) is 29.0 Å². The van der Waals surface area contributed by atoms with E-state index < -0.39 is 16.3 Å². The van der Waals surface area contributed by atoms with Gasteiger partial charge in [-0.05, 0) is 64.6 Å². The van der Waals surface area contributed by atoms with Crippen LogP contribution in [0.3, 0.4) is 0 Å². The van der Waals surface area contributed by atoms with Crippen molar-refractivity contribution in [3.05, 3.63) is 95.3 Å². The Morgan fingerprint density at radius 3 is 2.51 bits per heavy atom. The number of rotatable bonds is 11. The minimum Gasteiger partial charge on any atom is -0.497 e. The van der Waals surface area contributed by atoms with Gasteiger partial charge in [-0.1, -0.05) is 42.5 Å². The highest BCUT2D eigenvalue weighted by Gasteiger charge is 2.34. The molecule has 1 amide bonds. The summed E-state index contributed by atoms with van der Waals surface area (Å²) in [5, 5.41) is 9.65. The van der Waals surface area contributed by atoms with E-state index in [4.69, 9.17) is 18.9 Å². The highest BCUT2D eigenvalue weighted by atomic mass is 32.2. The fourth-order valence-electron chi connectivity index (χ4n) is 6.23.